The highest BCUT2D eigenvalue weighted by molar-refractivity contribution is 7.91. The zero-order valence-corrected chi connectivity index (χ0v) is 12.7. The number of thiophene rings is 1. The lowest BCUT2D eigenvalue weighted by atomic mass is 10.2. The number of aromatic hydroxyl groups is 1. The first-order chi connectivity index (χ1) is 9.80. The number of rotatable bonds is 5. The molecule has 0 unspecified atom stereocenters. The minimum atomic E-state index is -3.73. The molecule has 21 heavy (non-hydrogen) atoms. The van der Waals surface area contributed by atoms with Gasteiger partial charge in [-0.3, -0.25) is 0 Å². The Morgan fingerprint density at radius 3 is 2.33 bits per heavy atom. The van der Waals surface area contributed by atoms with E-state index in [4.69, 9.17) is 5.11 Å². The van der Waals surface area contributed by atoms with Crippen LogP contribution in [0.2, 0.25) is 0 Å². The van der Waals surface area contributed by atoms with Crippen molar-refractivity contribution in [2.75, 3.05) is 7.05 Å². The highest BCUT2D eigenvalue weighted by atomic mass is 32.2. The Bertz CT molecular complexity index is 749. The lowest BCUT2D eigenvalue weighted by Gasteiger charge is -2.16. The molecular weight excluding hydrogens is 314 g/mol. The summed E-state index contributed by atoms with van der Waals surface area (Å²) in [6, 6.07) is 8.76. The van der Waals surface area contributed by atoms with Gasteiger partial charge in [0.15, 0.2) is 0 Å². The molecule has 0 saturated carbocycles. The number of hydrogen-bond donors (Lipinski definition) is 2. The number of carbonyl (C=O) groups is 1. The second-order valence-electron chi connectivity index (χ2n) is 4.35. The van der Waals surface area contributed by atoms with Gasteiger partial charge < -0.3 is 10.2 Å². The smallest absolute Gasteiger partial charge is 0.345 e. The van der Waals surface area contributed by atoms with Gasteiger partial charge in [-0.05, 0) is 29.8 Å². The molecule has 6 nitrogen and oxygen atoms in total. The number of nitrogens with zero attached hydrogens (tertiary/aromatic N) is 1. The van der Waals surface area contributed by atoms with E-state index in [1.807, 2.05) is 0 Å². The van der Waals surface area contributed by atoms with Crippen molar-refractivity contribution in [3.8, 4) is 5.75 Å². The predicted molar refractivity (Wildman–Crippen MR) is 78.0 cm³/mol. The lowest BCUT2D eigenvalue weighted by Crippen LogP contribution is -2.25. The second kappa shape index (κ2) is 5.84. The van der Waals surface area contributed by atoms with Gasteiger partial charge >= 0.3 is 5.97 Å². The standard InChI is InChI=1S/C13H13NO5S2/c1-14(8-9-2-4-10(15)5-3-9)21(18,19)12-7-6-11(20-12)13(16)17/h2-7,15H,8H2,1H3,(H,16,17). The molecule has 0 fully saturated rings. The maximum atomic E-state index is 12.3. The van der Waals surface area contributed by atoms with Crippen LogP contribution in [0.15, 0.2) is 40.6 Å². The van der Waals surface area contributed by atoms with Gasteiger partial charge in [-0.25, -0.2) is 13.2 Å². The van der Waals surface area contributed by atoms with Gasteiger partial charge in [0.1, 0.15) is 14.8 Å². The highest BCUT2D eigenvalue weighted by Crippen LogP contribution is 2.25. The van der Waals surface area contributed by atoms with E-state index in [0.717, 1.165) is 15.6 Å². The summed E-state index contributed by atoms with van der Waals surface area (Å²) in [5, 5.41) is 18.0. The van der Waals surface area contributed by atoms with Crippen LogP contribution in [0.3, 0.4) is 0 Å². The molecule has 2 rings (SSSR count). The Labute approximate surface area is 125 Å². The quantitative estimate of drug-likeness (QED) is 0.875. The van der Waals surface area contributed by atoms with Crippen molar-refractivity contribution in [1.29, 1.82) is 0 Å². The first-order valence-electron chi connectivity index (χ1n) is 5.88. The first-order valence-corrected chi connectivity index (χ1v) is 8.14. The molecule has 0 saturated heterocycles. The molecule has 1 aromatic carbocycles. The molecule has 2 aromatic rings. The Morgan fingerprint density at radius 2 is 1.81 bits per heavy atom. The number of hydrogen-bond acceptors (Lipinski definition) is 5. The van der Waals surface area contributed by atoms with Crippen LogP contribution < -0.4 is 0 Å². The molecule has 8 heteroatoms. The van der Waals surface area contributed by atoms with Crippen LogP contribution in [0.1, 0.15) is 15.2 Å². The molecular formula is C13H13NO5S2. The first kappa shape index (κ1) is 15.5. The van der Waals surface area contributed by atoms with E-state index < -0.39 is 16.0 Å². The van der Waals surface area contributed by atoms with Crippen molar-refractivity contribution in [2.24, 2.45) is 0 Å². The van der Waals surface area contributed by atoms with Gasteiger partial charge in [0.05, 0.1) is 0 Å². The van der Waals surface area contributed by atoms with Crippen molar-refractivity contribution < 1.29 is 23.4 Å². The number of benzene rings is 1. The fraction of sp³-hybridized carbons (Fsp3) is 0.154. The molecule has 0 aliphatic rings. The average molecular weight is 327 g/mol. The van der Waals surface area contributed by atoms with Crippen molar-refractivity contribution in [3.05, 3.63) is 46.8 Å². The van der Waals surface area contributed by atoms with Crippen LogP contribution in [-0.4, -0.2) is 36.0 Å². The molecule has 2 N–H and O–H groups in total. The Kier molecular flexibility index (Phi) is 4.31. The zero-order valence-electron chi connectivity index (χ0n) is 11.1. The summed E-state index contributed by atoms with van der Waals surface area (Å²) in [6.07, 6.45) is 0. The number of carboxylic acid groups (broad SMARTS) is 1. The van der Waals surface area contributed by atoms with Crippen molar-refractivity contribution in [2.45, 2.75) is 10.8 Å². The van der Waals surface area contributed by atoms with Crippen LogP contribution in [0, 0.1) is 0 Å². The van der Waals surface area contributed by atoms with E-state index in [1.54, 1.807) is 12.1 Å². The van der Waals surface area contributed by atoms with E-state index in [1.165, 1.54) is 31.3 Å². The fourth-order valence-electron chi connectivity index (χ4n) is 1.67. The molecule has 0 aliphatic carbocycles. The minimum Gasteiger partial charge on any atom is -0.508 e. The number of sulfonamides is 1. The normalized spacial score (nSPS) is 11.7. The molecule has 0 bridgehead atoms. The Hall–Kier alpha value is -1.90. The molecule has 0 atom stereocenters. The van der Waals surface area contributed by atoms with Crippen LogP contribution >= 0.6 is 11.3 Å². The molecule has 112 valence electrons. The van der Waals surface area contributed by atoms with Gasteiger partial charge in [-0.15, -0.1) is 11.3 Å². The lowest BCUT2D eigenvalue weighted by molar-refractivity contribution is 0.0702. The van der Waals surface area contributed by atoms with E-state index in [9.17, 15) is 18.3 Å². The molecule has 0 amide bonds. The van der Waals surface area contributed by atoms with E-state index >= 15 is 0 Å². The molecule has 0 aliphatic heterocycles. The molecule has 1 heterocycles. The van der Waals surface area contributed by atoms with Crippen LogP contribution in [0.4, 0.5) is 0 Å². The van der Waals surface area contributed by atoms with Gasteiger partial charge in [0.25, 0.3) is 10.0 Å². The second-order valence-corrected chi connectivity index (χ2v) is 7.71. The van der Waals surface area contributed by atoms with E-state index in [0.29, 0.717) is 5.56 Å². The molecule has 1 aromatic heterocycles. The summed E-state index contributed by atoms with van der Waals surface area (Å²) >= 11 is 0.720. The summed E-state index contributed by atoms with van der Waals surface area (Å²) in [5.74, 6) is -1.05. The monoisotopic (exact) mass is 327 g/mol. The van der Waals surface area contributed by atoms with Gasteiger partial charge in [0, 0.05) is 13.6 Å². The van der Waals surface area contributed by atoms with Gasteiger partial charge in [0.2, 0.25) is 0 Å². The number of carboxylic acids is 1. The fourth-order valence-corrected chi connectivity index (χ4v) is 4.19. The summed E-state index contributed by atoms with van der Waals surface area (Å²) in [6.45, 7) is 0.128. The van der Waals surface area contributed by atoms with Crippen molar-refractivity contribution >= 4 is 27.3 Å². The SMILES string of the molecule is CN(Cc1ccc(O)cc1)S(=O)(=O)c1ccc(C(=O)O)s1. The van der Waals surface area contributed by atoms with E-state index in [-0.39, 0.29) is 21.4 Å². The van der Waals surface area contributed by atoms with Crippen molar-refractivity contribution in [3.63, 3.8) is 0 Å². The topological polar surface area (TPSA) is 94.9 Å². The van der Waals surface area contributed by atoms with Crippen molar-refractivity contribution in [1.82, 2.24) is 4.31 Å². The third kappa shape index (κ3) is 3.41. The maximum Gasteiger partial charge on any atom is 0.345 e. The van der Waals surface area contributed by atoms with E-state index in [2.05, 4.69) is 0 Å². The molecule has 0 spiro atoms. The summed E-state index contributed by atoms with van der Waals surface area (Å²) < 4.78 is 25.8. The predicted octanol–water partition coefficient (Wildman–Crippen LogP) is 1.97. The third-order valence-corrected chi connectivity index (χ3v) is 6.14. The van der Waals surface area contributed by atoms with Crippen LogP contribution in [-0.2, 0) is 16.6 Å². The number of phenols is 1. The third-order valence-electron chi connectivity index (χ3n) is 2.80. The van der Waals surface area contributed by atoms with Crippen LogP contribution in [0.25, 0.3) is 0 Å². The Balaban J connectivity index is 2.21. The summed E-state index contributed by atoms with van der Waals surface area (Å²) in [7, 11) is -2.31. The zero-order chi connectivity index (χ0) is 15.6. The summed E-state index contributed by atoms with van der Waals surface area (Å²) in [4.78, 5) is 10.8. The van der Waals surface area contributed by atoms with Gasteiger partial charge in [-0.1, -0.05) is 12.1 Å². The number of aromatic carboxylic acids is 1. The van der Waals surface area contributed by atoms with Gasteiger partial charge in [-0.2, -0.15) is 4.31 Å². The van der Waals surface area contributed by atoms with Crippen LogP contribution in [0.5, 0.6) is 5.75 Å². The average Bonchev–Trinajstić information content (AvgIpc) is 2.91. The number of phenolic OH excluding ortho intramolecular Hbond substituents is 1. The molecule has 0 radical (unpaired) electrons. The largest absolute Gasteiger partial charge is 0.508 e. The summed E-state index contributed by atoms with van der Waals surface area (Å²) in [5.41, 5.74) is 0.717. The highest BCUT2D eigenvalue weighted by Gasteiger charge is 2.24. The minimum absolute atomic E-state index is 0.0128. The maximum absolute atomic E-state index is 12.3. The Morgan fingerprint density at radius 1 is 1.19 bits per heavy atom.